The SMILES string of the molecule is CCCCNC(=O)[C@H](CC)N(Cc1c(Cl)cccc1Cl)C(=O)COc1ccc(C(C)C)cc1. The van der Waals surface area contributed by atoms with E-state index in [1.807, 2.05) is 31.2 Å². The zero-order valence-electron chi connectivity index (χ0n) is 19.9. The molecule has 2 amide bonds. The number of amides is 2. The third-order valence-corrected chi connectivity index (χ3v) is 6.22. The standard InChI is InChI=1S/C26H34Cl2N2O3/c1-5-7-15-29-26(32)24(6-2)30(16-21-22(27)9-8-10-23(21)28)25(31)17-33-20-13-11-19(12-14-20)18(3)4/h8-14,18,24H,5-7,15-17H2,1-4H3,(H,29,32)/t24-/m0/s1. The van der Waals surface area contributed by atoms with Crippen molar-refractivity contribution in [2.45, 2.75) is 65.5 Å². The first-order valence-corrected chi connectivity index (χ1v) is 12.3. The Morgan fingerprint density at radius 2 is 1.67 bits per heavy atom. The summed E-state index contributed by atoms with van der Waals surface area (Å²) in [5.41, 5.74) is 1.80. The maximum absolute atomic E-state index is 13.3. The van der Waals surface area contributed by atoms with Crippen LogP contribution in [0.1, 0.15) is 64.0 Å². The van der Waals surface area contributed by atoms with E-state index in [1.165, 1.54) is 10.5 Å². The average Bonchev–Trinajstić information content (AvgIpc) is 2.79. The van der Waals surface area contributed by atoms with Crippen molar-refractivity contribution in [2.75, 3.05) is 13.2 Å². The topological polar surface area (TPSA) is 58.6 Å². The molecular weight excluding hydrogens is 459 g/mol. The van der Waals surface area contributed by atoms with Crippen molar-refractivity contribution in [3.8, 4) is 5.75 Å². The molecule has 0 saturated carbocycles. The molecule has 180 valence electrons. The summed E-state index contributed by atoms with van der Waals surface area (Å²) >= 11 is 12.7. The monoisotopic (exact) mass is 492 g/mol. The summed E-state index contributed by atoms with van der Waals surface area (Å²) in [5.74, 6) is 0.511. The number of ether oxygens (including phenoxy) is 1. The van der Waals surface area contributed by atoms with Crippen LogP contribution in [0.25, 0.3) is 0 Å². The lowest BCUT2D eigenvalue weighted by molar-refractivity contribution is -0.143. The quantitative estimate of drug-likeness (QED) is 0.357. The van der Waals surface area contributed by atoms with Gasteiger partial charge in [-0.2, -0.15) is 0 Å². The molecule has 0 aliphatic heterocycles. The molecule has 0 unspecified atom stereocenters. The van der Waals surface area contributed by atoms with Crippen LogP contribution in [0.4, 0.5) is 0 Å². The summed E-state index contributed by atoms with van der Waals surface area (Å²) in [5, 5.41) is 3.84. The number of carbonyl (C=O) groups excluding carboxylic acids is 2. The first kappa shape index (κ1) is 27.0. The van der Waals surface area contributed by atoms with Crippen LogP contribution >= 0.6 is 23.2 Å². The second kappa shape index (κ2) is 13.5. The fourth-order valence-corrected chi connectivity index (χ4v) is 3.97. The second-order valence-corrected chi connectivity index (χ2v) is 9.12. The summed E-state index contributed by atoms with van der Waals surface area (Å²) in [6.07, 6.45) is 2.30. The highest BCUT2D eigenvalue weighted by molar-refractivity contribution is 6.36. The van der Waals surface area contributed by atoms with Gasteiger partial charge in [0.1, 0.15) is 11.8 Å². The summed E-state index contributed by atoms with van der Waals surface area (Å²) in [6, 6.07) is 12.2. The van der Waals surface area contributed by atoms with E-state index < -0.39 is 6.04 Å². The molecule has 0 aliphatic rings. The van der Waals surface area contributed by atoms with Crippen LogP contribution in [0.5, 0.6) is 5.75 Å². The van der Waals surface area contributed by atoms with Crippen molar-refractivity contribution in [1.82, 2.24) is 10.2 Å². The van der Waals surface area contributed by atoms with Gasteiger partial charge in [-0.1, -0.05) is 75.5 Å². The fourth-order valence-electron chi connectivity index (χ4n) is 3.46. The van der Waals surface area contributed by atoms with E-state index >= 15 is 0 Å². The average molecular weight is 493 g/mol. The van der Waals surface area contributed by atoms with E-state index in [-0.39, 0.29) is 25.0 Å². The lowest BCUT2D eigenvalue weighted by Gasteiger charge is -2.31. The van der Waals surface area contributed by atoms with Gasteiger partial charge >= 0.3 is 0 Å². The molecule has 5 nitrogen and oxygen atoms in total. The third kappa shape index (κ3) is 7.94. The number of carbonyl (C=O) groups is 2. The van der Waals surface area contributed by atoms with E-state index in [0.717, 1.165) is 12.8 Å². The number of nitrogens with one attached hydrogen (secondary N) is 1. The number of nitrogens with zero attached hydrogens (tertiary/aromatic N) is 1. The zero-order valence-corrected chi connectivity index (χ0v) is 21.4. The van der Waals surface area contributed by atoms with Crippen LogP contribution in [0.2, 0.25) is 10.0 Å². The van der Waals surface area contributed by atoms with E-state index in [9.17, 15) is 9.59 Å². The molecule has 0 aliphatic carbocycles. The first-order valence-electron chi connectivity index (χ1n) is 11.5. The Hall–Kier alpha value is -2.24. The van der Waals surface area contributed by atoms with Gasteiger partial charge in [-0.05, 0) is 48.6 Å². The Balaban J connectivity index is 2.22. The molecule has 0 radical (unpaired) electrons. The van der Waals surface area contributed by atoms with Gasteiger partial charge in [0.05, 0.1) is 0 Å². The van der Waals surface area contributed by atoms with E-state index in [4.69, 9.17) is 27.9 Å². The lowest BCUT2D eigenvalue weighted by Crippen LogP contribution is -2.50. The minimum Gasteiger partial charge on any atom is -0.484 e. The Kier molecular flexibility index (Phi) is 11.0. The lowest BCUT2D eigenvalue weighted by atomic mass is 10.0. The molecule has 0 fully saturated rings. The Labute approximate surface area is 207 Å². The Bertz CT molecular complexity index is 896. The molecule has 0 bridgehead atoms. The molecule has 2 aromatic rings. The minimum absolute atomic E-state index is 0.118. The van der Waals surface area contributed by atoms with Crippen LogP contribution in [0.3, 0.4) is 0 Å². The van der Waals surface area contributed by atoms with Gasteiger partial charge in [-0.3, -0.25) is 9.59 Å². The molecule has 0 saturated heterocycles. The van der Waals surface area contributed by atoms with Crippen LogP contribution in [0.15, 0.2) is 42.5 Å². The van der Waals surface area contributed by atoms with E-state index in [2.05, 4.69) is 26.1 Å². The van der Waals surface area contributed by atoms with E-state index in [1.54, 1.807) is 18.2 Å². The van der Waals surface area contributed by atoms with Crippen molar-refractivity contribution in [2.24, 2.45) is 0 Å². The van der Waals surface area contributed by atoms with Crippen LogP contribution < -0.4 is 10.1 Å². The molecule has 1 N–H and O–H groups in total. The molecule has 0 aromatic heterocycles. The molecule has 0 spiro atoms. The number of unbranched alkanes of at least 4 members (excludes halogenated alkanes) is 1. The highest BCUT2D eigenvalue weighted by atomic mass is 35.5. The van der Waals surface area contributed by atoms with Crippen LogP contribution in [0, 0.1) is 0 Å². The van der Waals surface area contributed by atoms with E-state index in [0.29, 0.717) is 40.2 Å². The Morgan fingerprint density at radius 1 is 1.03 bits per heavy atom. The summed E-state index contributed by atoms with van der Waals surface area (Å²) in [4.78, 5) is 27.7. The van der Waals surface area contributed by atoms with Crippen molar-refractivity contribution in [1.29, 1.82) is 0 Å². The van der Waals surface area contributed by atoms with Crippen molar-refractivity contribution in [3.05, 3.63) is 63.6 Å². The Morgan fingerprint density at radius 3 is 2.21 bits per heavy atom. The van der Waals surface area contributed by atoms with Crippen LogP contribution in [-0.4, -0.2) is 35.9 Å². The van der Waals surface area contributed by atoms with Gasteiger partial charge in [0, 0.05) is 28.7 Å². The zero-order chi connectivity index (χ0) is 24.4. The summed E-state index contributed by atoms with van der Waals surface area (Å²) < 4.78 is 5.77. The van der Waals surface area contributed by atoms with Gasteiger partial charge < -0.3 is 15.0 Å². The van der Waals surface area contributed by atoms with Gasteiger partial charge in [0.25, 0.3) is 5.91 Å². The van der Waals surface area contributed by atoms with Gasteiger partial charge in [-0.15, -0.1) is 0 Å². The normalized spacial score (nSPS) is 11.8. The predicted molar refractivity (Wildman–Crippen MR) is 135 cm³/mol. The number of rotatable bonds is 12. The van der Waals surface area contributed by atoms with Crippen molar-refractivity contribution < 1.29 is 14.3 Å². The highest BCUT2D eigenvalue weighted by Gasteiger charge is 2.30. The molecule has 33 heavy (non-hydrogen) atoms. The summed E-state index contributed by atoms with van der Waals surface area (Å²) in [6.45, 7) is 8.67. The molecule has 0 heterocycles. The smallest absolute Gasteiger partial charge is 0.261 e. The molecule has 7 heteroatoms. The van der Waals surface area contributed by atoms with Crippen molar-refractivity contribution in [3.63, 3.8) is 0 Å². The molecular formula is C26H34Cl2N2O3. The maximum atomic E-state index is 13.3. The predicted octanol–water partition coefficient (Wildman–Crippen LogP) is 6.22. The van der Waals surface area contributed by atoms with Crippen LogP contribution in [-0.2, 0) is 16.1 Å². The number of halogens is 2. The minimum atomic E-state index is -0.659. The van der Waals surface area contributed by atoms with Gasteiger partial charge in [-0.25, -0.2) is 0 Å². The summed E-state index contributed by atoms with van der Waals surface area (Å²) in [7, 11) is 0. The number of hydrogen-bond donors (Lipinski definition) is 1. The molecule has 1 atom stereocenters. The van der Waals surface area contributed by atoms with Gasteiger partial charge in [0.15, 0.2) is 6.61 Å². The van der Waals surface area contributed by atoms with Crippen molar-refractivity contribution >= 4 is 35.0 Å². The van der Waals surface area contributed by atoms with Gasteiger partial charge in [0.2, 0.25) is 5.91 Å². The molecule has 2 rings (SSSR count). The number of hydrogen-bond acceptors (Lipinski definition) is 3. The second-order valence-electron chi connectivity index (χ2n) is 8.30. The maximum Gasteiger partial charge on any atom is 0.261 e. The third-order valence-electron chi connectivity index (χ3n) is 5.51. The first-order chi connectivity index (χ1) is 15.8. The fraction of sp³-hybridized carbons (Fsp3) is 0.462. The molecule has 2 aromatic carbocycles. The number of benzene rings is 2. The largest absolute Gasteiger partial charge is 0.484 e. The highest BCUT2D eigenvalue weighted by Crippen LogP contribution is 2.27.